The van der Waals surface area contributed by atoms with Gasteiger partial charge in [-0.05, 0) is 43.4 Å². The van der Waals surface area contributed by atoms with Crippen molar-refractivity contribution in [1.82, 2.24) is 14.6 Å². The lowest BCUT2D eigenvalue weighted by Crippen LogP contribution is -2.14. The second kappa shape index (κ2) is 6.82. The first-order valence-corrected chi connectivity index (χ1v) is 8.74. The number of hydrogen-bond acceptors (Lipinski definition) is 3. The molecule has 0 radical (unpaired) electrons. The number of nitrogens with zero attached hydrogens (tertiary/aromatic N) is 3. The normalized spacial score (nSPS) is 14.5. The van der Waals surface area contributed by atoms with E-state index in [0.29, 0.717) is 5.65 Å². The van der Waals surface area contributed by atoms with Gasteiger partial charge in [0, 0.05) is 18.0 Å². The summed E-state index contributed by atoms with van der Waals surface area (Å²) in [6, 6.07) is 2.92. The number of fused-ring (bicyclic) bond motifs is 3. The van der Waals surface area contributed by atoms with Gasteiger partial charge in [-0.15, -0.1) is 0 Å². The molecule has 7 heteroatoms. The van der Waals surface area contributed by atoms with E-state index in [4.69, 9.17) is 0 Å². The maximum absolute atomic E-state index is 13.8. The number of anilines is 1. The van der Waals surface area contributed by atoms with Crippen LogP contribution in [0.5, 0.6) is 0 Å². The number of carbonyl (C=O) groups is 1. The third-order valence-electron chi connectivity index (χ3n) is 4.74. The molecular formula is C19H18F2N4O. The molecule has 0 saturated carbocycles. The first-order valence-electron chi connectivity index (χ1n) is 8.74. The van der Waals surface area contributed by atoms with Crippen LogP contribution in [0.2, 0.25) is 0 Å². The number of nitrogens with one attached hydrogen (secondary N) is 1. The highest BCUT2D eigenvalue weighted by Gasteiger charge is 2.19. The van der Waals surface area contributed by atoms with Crippen LogP contribution in [-0.2, 0) is 12.8 Å². The van der Waals surface area contributed by atoms with E-state index < -0.39 is 17.5 Å². The standard InChI is InChI=1S/C19H18F2N4O/c20-13-7-8-15(21)16(9-13)24-19(26)14-11-23-25-17-6-4-2-1-3-5-12(17)10-22-18(14)25/h7-11H,1-6H2,(H,24,26). The molecule has 4 rings (SSSR count). The van der Waals surface area contributed by atoms with Crippen LogP contribution in [-0.4, -0.2) is 20.5 Å². The molecule has 0 unspecified atom stereocenters. The van der Waals surface area contributed by atoms with Crippen molar-refractivity contribution in [3.8, 4) is 0 Å². The number of hydrogen-bond donors (Lipinski definition) is 1. The Hall–Kier alpha value is -2.83. The minimum Gasteiger partial charge on any atom is -0.319 e. The molecular weight excluding hydrogens is 338 g/mol. The smallest absolute Gasteiger partial charge is 0.261 e. The van der Waals surface area contributed by atoms with Crippen LogP contribution in [0.15, 0.2) is 30.6 Å². The van der Waals surface area contributed by atoms with E-state index in [2.05, 4.69) is 15.4 Å². The van der Waals surface area contributed by atoms with Crippen molar-refractivity contribution in [2.75, 3.05) is 5.32 Å². The summed E-state index contributed by atoms with van der Waals surface area (Å²) in [5.74, 6) is -1.89. The van der Waals surface area contributed by atoms with Gasteiger partial charge in [0.2, 0.25) is 0 Å². The Labute approximate surface area is 149 Å². The number of benzene rings is 1. The number of carbonyl (C=O) groups excluding carboxylic acids is 1. The molecule has 1 aromatic carbocycles. The highest BCUT2D eigenvalue weighted by atomic mass is 19.1. The van der Waals surface area contributed by atoms with Crippen molar-refractivity contribution in [2.45, 2.75) is 38.5 Å². The number of halogens is 2. The molecule has 0 atom stereocenters. The molecule has 0 spiro atoms. The second-order valence-electron chi connectivity index (χ2n) is 6.52. The Morgan fingerprint density at radius 1 is 1.08 bits per heavy atom. The SMILES string of the molecule is O=C(Nc1cc(F)ccc1F)c1cnn2c3c(cnc12)CCCCCC3. The van der Waals surface area contributed by atoms with Gasteiger partial charge < -0.3 is 5.32 Å². The Balaban J connectivity index is 1.69. The second-order valence-corrected chi connectivity index (χ2v) is 6.52. The molecule has 1 aliphatic carbocycles. The number of rotatable bonds is 2. The highest BCUT2D eigenvalue weighted by Crippen LogP contribution is 2.22. The van der Waals surface area contributed by atoms with Gasteiger partial charge in [-0.1, -0.05) is 12.8 Å². The van der Waals surface area contributed by atoms with Crippen molar-refractivity contribution < 1.29 is 13.6 Å². The zero-order valence-corrected chi connectivity index (χ0v) is 14.1. The molecule has 0 aliphatic heterocycles. The summed E-state index contributed by atoms with van der Waals surface area (Å²) < 4.78 is 28.8. The van der Waals surface area contributed by atoms with Crippen LogP contribution < -0.4 is 5.32 Å². The molecule has 2 heterocycles. The van der Waals surface area contributed by atoms with Crippen LogP contribution in [0.4, 0.5) is 14.5 Å². The van der Waals surface area contributed by atoms with Gasteiger partial charge in [0.05, 0.1) is 11.9 Å². The average Bonchev–Trinajstić information content (AvgIpc) is 3.02. The maximum Gasteiger partial charge on any atom is 0.261 e. The van der Waals surface area contributed by atoms with E-state index in [-0.39, 0.29) is 11.3 Å². The lowest BCUT2D eigenvalue weighted by Gasteiger charge is -2.14. The molecule has 1 aliphatic rings. The Morgan fingerprint density at radius 3 is 2.73 bits per heavy atom. The lowest BCUT2D eigenvalue weighted by atomic mass is 9.98. The molecule has 134 valence electrons. The average molecular weight is 356 g/mol. The first kappa shape index (κ1) is 16.6. The fourth-order valence-corrected chi connectivity index (χ4v) is 3.39. The zero-order valence-electron chi connectivity index (χ0n) is 14.1. The van der Waals surface area contributed by atoms with E-state index in [1.54, 1.807) is 10.7 Å². The van der Waals surface area contributed by atoms with Gasteiger partial charge in [-0.2, -0.15) is 5.10 Å². The van der Waals surface area contributed by atoms with Gasteiger partial charge in [0.15, 0.2) is 5.65 Å². The molecule has 0 bridgehead atoms. The van der Waals surface area contributed by atoms with Crippen molar-refractivity contribution >= 4 is 17.2 Å². The van der Waals surface area contributed by atoms with Gasteiger partial charge in [-0.25, -0.2) is 18.3 Å². The van der Waals surface area contributed by atoms with Crippen molar-refractivity contribution in [2.24, 2.45) is 0 Å². The highest BCUT2D eigenvalue weighted by molar-refractivity contribution is 6.08. The number of aromatic nitrogens is 3. The van der Waals surface area contributed by atoms with E-state index in [0.717, 1.165) is 55.1 Å². The molecule has 2 aromatic heterocycles. The summed E-state index contributed by atoms with van der Waals surface area (Å²) in [5, 5.41) is 6.73. The Kier molecular flexibility index (Phi) is 4.36. The van der Waals surface area contributed by atoms with Gasteiger partial charge >= 0.3 is 0 Å². The molecule has 26 heavy (non-hydrogen) atoms. The molecule has 1 N–H and O–H groups in total. The molecule has 0 saturated heterocycles. The third-order valence-corrected chi connectivity index (χ3v) is 4.74. The van der Waals surface area contributed by atoms with Crippen LogP contribution in [0.3, 0.4) is 0 Å². The van der Waals surface area contributed by atoms with Crippen LogP contribution >= 0.6 is 0 Å². The summed E-state index contributed by atoms with van der Waals surface area (Å²) in [6.45, 7) is 0. The lowest BCUT2D eigenvalue weighted by molar-refractivity contribution is 0.102. The largest absolute Gasteiger partial charge is 0.319 e. The van der Waals surface area contributed by atoms with E-state index in [9.17, 15) is 13.6 Å². The van der Waals surface area contributed by atoms with E-state index in [1.165, 1.54) is 19.0 Å². The summed E-state index contributed by atoms with van der Waals surface area (Å²) >= 11 is 0. The molecule has 1 amide bonds. The Bertz CT molecular complexity index is 983. The maximum atomic E-state index is 13.8. The van der Waals surface area contributed by atoms with Gasteiger partial charge in [-0.3, -0.25) is 4.79 Å². The van der Waals surface area contributed by atoms with Crippen molar-refractivity contribution in [3.05, 3.63) is 59.0 Å². The first-order chi connectivity index (χ1) is 12.6. The van der Waals surface area contributed by atoms with Crippen LogP contribution in [0, 0.1) is 11.6 Å². The quantitative estimate of drug-likeness (QED) is 0.757. The molecule has 0 fully saturated rings. The summed E-state index contributed by atoms with van der Waals surface area (Å²) in [5.41, 5.74) is 2.69. The Morgan fingerprint density at radius 2 is 1.88 bits per heavy atom. The van der Waals surface area contributed by atoms with Crippen molar-refractivity contribution in [1.29, 1.82) is 0 Å². The minimum atomic E-state index is -0.700. The zero-order chi connectivity index (χ0) is 18.1. The molecule has 3 aromatic rings. The number of aryl methyl sites for hydroxylation is 2. The van der Waals surface area contributed by atoms with Gasteiger partial charge in [0.1, 0.15) is 17.2 Å². The van der Waals surface area contributed by atoms with E-state index >= 15 is 0 Å². The fourth-order valence-electron chi connectivity index (χ4n) is 3.39. The predicted molar refractivity (Wildman–Crippen MR) is 93.2 cm³/mol. The van der Waals surface area contributed by atoms with Crippen LogP contribution in [0.1, 0.15) is 47.3 Å². The summed E-state index contributed by atoms with van der Waals surface area (Å²) in [6.07, 6.45) is 9.64. The number of amides is 1. The summed E-state index contributed by atoms with van der Waals surface area (Å²) in [4.78, 5) is 17.0. The van der Waals surface area contributed by atoms with Gasteiger partial charge in [0.25, 0.3) is 5.91 Å². The minimum absolute atomic E-state index is 0.208. The topological polar surface area (TPSA) is 59.3 Å². The monoisotopic (exact) mass is 356 g/mol. The van der Waals surface area contributed by atoms with E-state index in [1.807, 2.05) is 0 Å². The fraction of sp³-hybridized carbons (Fsp3) is 0.316. The summed E-state index contributed by atoms with van der Waals surface area (Å²) in [7, 11) is 0. The third kappa shape index (κ3) is 3.05. The van der Waals surface area contributed by atoms with Crippen molar-refractivity contribution in [3.63, 3.8) is 0 Å². The van der Waals surface area contributed by atoms with Crippen LogP contribution in [0.25, 0.3) is 5.65 Å². The predicted octanol–water partition coefficient (Wildman–Crippen LogP) is 3.92. The molecule has 5 nitrogen and oxygen atoms in total.